The van der Waals surface area contributed by atoms with Crippen LogP contribution in [0.15, 0.2) is 78.9 Å². The first kappa shape index (κ1) is 15.1. The first-order valence-electron chi connectivity index (χ1n) is 7.82. The minimum atomic E-state index is 0.683. The van der Waals surface area contributed by atoms with Gasteiger partial charge in [-0.2, -0.15) is 0 Å². The van der Waals surface area contributed by atoms with Crippen molar-refractivity contribution < 1.29 is 0 Å². The largest absolute Gasteiger partial charge is 0.303 e. The molecule has 0 aliphatic rings. The molecule has 23 heavy (non-hydrogen) atoms. The van der Waals surface area contributed by atoms with Gasteiger partial charge in [-0.25, -0.2) is 0 Å². The molecular formula is C22H19N. The highest BCUT2D eigenvalue weighted by atomic mass is 14.8. The van der Waals surface area contributed by atoms with Gasteiger partial charge in [0.05, 0.1) is 6.54 Å². The molecule has 0 bridgehead atoms. The summed E-state index contributed by atoms with van der Waals surface area (Å²) >= 11 is 0. The van der Waals surface area contributed by atoms with Gasteiger partial charge in [-0.3, -0.25) is 0 Å². The van der Waals surface area contributed by atoms with Gasteiger partial charge in [-0.1, -0.05) is 90.7 Å². The lowest BCUT2D eigenvalue weighted by Gasteiger charge is -1.99. The topological polar surface area (TPSA) is 12.0 Å². The lowest BCUT2D eigenvalue weighted by Crippen LogP contribution is -2.13. The highest BCUT2D eigenvalue weighted by Gasteiger charge is 1.95. The van der Waals surface area contributed by atoms with Gasteiger partial charge in [-0.05, 0) is 22.4 Å². The lowest BCUT2D eigenvalue weighted by molar-refractivity contribution is 0.859. The third-order valence-corrected chi connectivity index (χ3v) is 3.60. The predicted octanol–water partition coefficient (Wildman–Crippen LogP) is 4.49. The Morgan fingerprint density at radius 2 is 1.61 bits per heavy atom. The number of rotatable bonds is 4. The second-order valence-corrected chi connectivity index (χ2v) is 5.27. The minimum absolute atomic E-state index is 0.683. The third kappa shape index (κ3) is 4.32. The highest BCUT2D eigenvalue weighted by molar-refractivity contribution is 5.88. The van der Waals surface area contributed by atoms with Crippen molar-refractivity contribution in [1.82, 2.24) is 5.32 Å². The van der Waals surface area contributed by atoms with Crippen LogP contribution in [0.2, 0.25) is 0 Å². The Morgan fingerprint density at radius 3 is 2.52 bits per heavy atom. The number of nitrogens with one attached hydrogen (secondary N) is 1. The van der Waals surface area contributed by atoms with Crippen molar-refractivity contribution in [2.24, 2.45) is 0 Å². The van der Waals surface area contributed by atoms with Crippen LogP contribution in [-0.2, 0) is 0 Å². The molecule has 3 rings (SSSR count). The second kappa shape index (κ2) is 7.98. The molecule has 0 aliphatic heterocycles. The maximum atomic E-state index is 3.31. The predicted molar refractivity (Wildman–Crippen MR) is 99.2 cm³/mol. The van der Waals surface area contributed by atoms with E-state index in [1.807, 2.05) is 18.2 Å². The highest BCUT2D eigenvalue weighted by Crippen LogP contribution is 2.17. The first-order valence-corrected chi connectivity index (χ1v) is 7.82. The molecular weight excluding hydrogens is 278 g/mol. The van der Waals surface area contributed by atoms with Crippen molar-refractivity contribution in [2.45, 2.75) is 0 Å². The van der Waals surface area contributed by atoms with Crippen LogP contribution in [0.3, 0.4) is 0 Å². The fourth-order valence-electron chi connectivity index (χ4n) is 2.45. The molecule has 1 heteroatoms. The van der Waals surface area contributed by atoms with Crippen LogP contribution in [-0.4, -0.2) is 13.1 Å². The van der Waals surface area contributed by atoms with Gasteiger partial charge in [0, 0.05) is 12.1 Å². The van der Waals surface area contributed by atoms with Crippen LogP contribution in [0, 0.1) is 11.8 Å². The third-order valence-electron chi connectivity index (χ3n) is 3.60. The zero-order valence-corrected chi connectivity index (χ0v) is 13.0. The van der Waals surface area contributed by atoms with Crippen LogP contribution in [0.1, 0.15) is 11.1 Å². The molecule has 0 spiro atoms. The van der Waals surface area contributed by atoms with Gasteiger partial charge < -0.3 is 5.32 Å². The summed E-state index contributed by atoms with van der Waals surface area (Å²) in [6.45, 7) is 1.50. The minimum Gasteiger partial charge on any atom is -0.303 e. The smallest absolute Gasteiger partial charge is 0.0582 e. The zero-order valence-electron chi connectivity index (χ0n) is 13.0. The lowest BCUT2D eigenvalue weighted by atomic mass is 10.1. The monoisotopic (exact) mass is 297 g/mol. The van der Waals surface area contributed by atoms with Crippen molar-refractivity contribution in [3.8, 4) is 11.8 Å². The summed E-state index contributed by atoms with van der Waals surface area (Å²) in [5.41, 5.74) is 2.31. The van der Waals surface area contributed by atoms with Gasteiger partial charge in [0.25, 0.3) is 0 Å². The molecule has 1 N–H and O–H groups in total. The van der Waals surface area contributed by atoms with E-state index < -0.39 is 0 Å². The molecule has 0 fully saturated rings. The molecule has 0 saturated heterocycles. The fourth-order valence-corrected chi connectivity index (χ4v) is 2.45. The molecule has 3 aromatic carbocycles. The summed E-state index contributed by atoms with van der Waals surface area (Å²) < 4.78 is 0. The summed E-state index contributed by atoms with van der Waals surface area (Å²) in [4.78, 5) is 0. The average molecular weight is 297 g/mol. The van der Waals surface area contributed by atoms with E-state index in [0.717, 1.165) is 12.1 Å². The number of hydrogen-bond acceptors (Lipinski definition) is 1. The Bertz CT molecular complexity index is 846. The number of hydrogen-bond donors (Lipinski definition) is 1. The van der Waals surface area contributed by atoms with Gasteiger partial charge in [0.2, 0.25) is 0 Å². The van der Waals surface area contributed by atoms with E-state index in [2.05, 4.69) is 83.9 Å². The molecule has 0 saturated carbocycles. The summed E-state index contributed by atoms with van der Waals surface area (Å²) in [6.07, 6.45) is 4.24. The van der Waals surface area contributed by atoms with Crippen LogP contribution in [0.25, 0.3) is 16.8 Å². The molecule has 112 valence electrons. The van der Waals surface area contributed by atoms with Crippen LogP contribution in [0.4, 0.5) is 0 Å². The molecule has 0 aromatic heterocycles. The van der Waals surface area contributed by atoms with Gasteiger partial charge in [0.1, 0.15) is 0 Å². The van der Waals surface area contributed by atoms with Gasteiger partial charge in [0.15, 0.2) is 0 Å². The van der Waals surface area contributed by atoms with E-state index in [9.17, 15) is 0 Å². The molecule has 3 aromatic rings. The molecule has 1 nitrogen and oxygen atoms in total. The Morgan fingerprint density at radius 1 is 0.826 bits per heavy atom. The maximum Gasteiger partial charge on any atom is 0.0582 e. The van der Waals surface area contributed by atoms with Crippen LogP contribution in [0.5, 0.6) is 0 Å². The number of fused-ring (bicyclic) bond motifs is 1. The summed E-state index contributed by atoms with van der Waals surface area (Å²) in [6, 6.07) is 24.9. The van der Waals surface area contributed by atoms with Crippen molar-refractivity contribution in [1.29, 1.82) is 0 Å². The first-order chi connectivity index (χ1) is 11.4. The Labute approximate surface area is 137 Å². The van der Waals surface area contributed by atoms with E-state index in [1.54, 1.807) is 0 Å². The van der Waals surface area contributed by atoms with Crippen molar-refractivity contribution in [2.75, 3.05) is 13.1 Å². The SMILES string of the molecule is C(#Cc1cccc2ccccc12)CNCC=Cc1ccccc1. The molecule has 0 heterocycles. The summed E-state index contributed by atoms with van der Waals surface area (Å²) in [7, 11) is 0. The summed E-state index contributed by atoms with van der Waals surface area (Å²) in [5.74, 6) is 6.46. The molecule has 0 radical (unpaired) electrons. The quantitative estimate of drug-likeness (QED) is 0.552. The van der Waals surface area contributed by atoms with Crippen LogP contribution < -0.4 is 5.32 Å². The van der Waals surface area contributed by atoms with E-state index in [4.69, 9.17) is 0 Å². The molecule has 0 atom stereocenters. The van der Waals surface area contributed by atoms with Gasteiger partial charge >= 0.3 is 0 Å². The molecule has 0 unspecified atom stereocenters. The molecule has 0 aliphatic carbocycles. The zero-order chi connectivity index (χ0) is 15.7. The fraction of sp³-hybridized carbons (Fsp3) is 0.0909. The van der Waals surface area contributed by atoms with E-state index in [0.29, 0.717) is 6.54 Å². The van der Waals surface area contributed by atoms with Crippen molar-refractivity contribution in [3.63, 3.8) is 0 Å². The van der Waals surface area contributed by atoms with E-state index >= 15 is 0 Å². The Kier molecular flexibility index (Phi) is 5.24. The van der Waals surface area contributed by atoms with E-state index in [-0.39, 0.29) is 0 Å². The maximum absolute atomic E-state index is 3.31. The Balaban J connectivity index is 1.53. The summed E-state index contributed by atoms with van der Waals surface area (Å²) in [5, 5.41) is 5.76. The Hall–Kier alpha value is -2.82. The standard InChI is InChI=1S/C22H19N/c1-2-9-19(10-3-1)11-7-17-23-18-8-15-21-14-6-13-20-12-4-5-16-22(20)21/h1-7,9-14,16,23H,17-18H2. The second-order valence-electron chi connectivity index (χ2n) is 5.27. The normalized spacial score (nSPS) is 10.6. The van der Waals surface area contributed by atoms with Gasteiger partial charge in [-0.15, -0.1) is 0 Å². The van der Waals surface area contributed by atoms with Crippen LogP contribution >= 0.6 is 0 Å². The number of benzene rings is 3. The van der Waals surface area contributed by atoms with E-state index in [1.165, 1.54) is 16.3 Å². The average Bonchev–Trinajstić information content (AvgIpc) is 2.62. The molecule has 0 amide bonds. The van der Waals surface area contributed by atoms with Crippen molar-refractivity contribution >= 4 is 16.8 Å². The van der Waals surface area contributed by atoms with Crippen molar-refractivity contribution in [3.05, 3.63) is 90.0 Å².